The topological polar surface area (TPSA) is 134 Å². The third-order valence-corrected chi connectivity index (χ3v) is 1.84. The summed E-state index contributed by atoms with van der Waals surface area (Å²) < 4.78 is -1.39. The molecular formula is C6H6Br2N4O2. The largest absolute Gasteiger partial charge is 0.369 e. The molecule has 0 aromatic heterocycles. The second-order valence-electron chi connectivity index (χ2n) is 1.85. The maximum Gasteiger partial charge on any atom is 0.259 e. The van der Waals surface area contributed by atoms with Gasteiger partial charge in [0.15, 0.2) is 0 Å². The molecule has 8 heteroatoms. The van der Waals surface area contributed by atoms with Crippen LogP contribution in [0.5, 0.6) is 0 Å². The van der Waals surface area contributed by atoms with Gasteiger partial charge in [0.1, 0.15) is 12.5 Å². The third kappa shape index (κ3) is 8.97. The van der Waals surface area contributed by atoms with Crippen LogP contribution in [0, 0.1) is 22.7 Å². The van der Waals surface area contributed by atoms with Crippen molar-refractivity contribution in [3.8, 4) is 12.1 Å². The number of halogens is 2. The van der Waals surface area contributed by atoms with Crippen LogP contribution in [-0.4, -0.2) is 15.0 Å². The molecule has 0 bridgehead atoms. The highest BCUT2D eigenvalue weighted by Gasteiger charge is 2.28. The Kier molecular flexibility index (Phi) is 8.01. The van der Waals surface area contributed by atoms with Crippen molar-refractivity contribution in [1.29, 1.82) is 10.5 Å². The quantitative estimate of drug-likeness (QED) is 0.683. The van der Waals surface area contributed by atoms with Gasteiger partial charge in [-0.3, -0.25) is 9.59 Å². The number of nitrogens with two attached hydrogens (primary N) is 2. The van der Waals surface area contributed by atoms with Gasteiger partial charge in [-0.15, -0.1) is 0 Å². The fourth-order valence-electron chi connectivity index (χ4n) is 0.133. The zero-order valence-electron chi connectivity index (χ0n) is 6.83. The molecule has 0 aromatic carbocycles. The first-order chi connectivity index (χ1) is 6.27. The molecule has 0 rings (SSSR count). The molecule has 6 nitrogen and oxygen atoms in total. The standard InChI is InChI=1S/C3H2Br2N2O.C3H4N2O/c4-3(5,1-6)2(7)8;4-2-1-3(5)6/h(H2,7,8);1H2,(H2,5,6). The zero-order valence-corrected chi connectivity index (χ0v) is 10.0. The highest BCUT2D eigenvalue weighted by atomic mass is 79.9. The van der Waals surface area contributed by atoms with Gasteiger partial charge >= 0.3 is 0 Å². The first kappa shape index (κ1) is 15.4. The van der Waals surface area contributed by atoms with E-state index in [2.05, 4.69) is 37.6 Å². The molecule has 0 saturated heterocycles. The summed E-state index contributed by atoms with van der Waals surface area (Å²) >= 11 is 5.45. The number of hydrogen-bond donors (Lipinski definition) is 2. The van der Waals surface area contributed by atoms with Gasteiger partial charge < -0.3 is 11.5 Å². The predicted molar refractivity (Wildman–Crippen MR) is 54.8 cm³/mol. The van der Waals surface area contributed by atoms with Crippen molar-refractivity contribution >= 4 is 43.7 Å². The summed E-state index contributed by atoms with van der Waals surface area (Å²) in [6.07, 6.45) is -0.181. The lowest BCUT2D eigenvalue weighted by atomic mass is 10.5. The second kappa shape index (κ2) is 7.30. The number of alkyl halides is 2. The Hall–Kier alpha value is -1.12. The molecule has 0 aromatic rings. The molecule has 0 fully saturated rings. The van der Waals surface area contributed by atoms with Crippen LogP contribution in [0.3, 0.4) is 0 Å². The van der Waals surface area contributed by atoms with E-state index in [1.165, 1.54) is 0 Å². The van der Waals surface area contributed by atoms with Crippen LogP contribution in [-0.2, 0) is 9.59 Å². The molecule has 0 heterocycles. The number of amides is 2. The minimum atomic E-state index is -1.39. The molecule has 0 radical (unpaired) electrons. The molecule has 0 saturated carbocycles. The van der Waals surface area contributed by atoms with Gasteiger partial charge in [-0.25, -0.2) is 0 Å². The number of nitrogens with zero attached hydrogens (tertiary/aromatic N) is 2. The minimum absolute atomic E-state index is 0.181. The molecule has 14 heavy (non-hydrogen) atoms. The number of hydrogen-bond acceptors (Lipinski definition) is 4. The Morgan fingerprint density at radius 3 is 1.71 bits per heavy atom. The zero-order chi connectivity index (χ0) is 11.8. The van der Waals surface area contributed by atoms with E-state index in [0.717, 1.165) is 0 Å². The van der Waals surface area contributed by atoms with Crippen LogP contribution in [0.1, 0.15) is 6.42 Å². The molecule has 0 aliphatic heterocycles. The van der Waals surface area contributed by atoms with Gasteiger partial charge in [0, 0.05) is 0 Å². The van der Waals surface area contributed by atoms with Crippen molar-refractivity contribution in [2.45, 2.75) is 9.65 Å². The molecule has 2 amide bonds. The molecular weight excluding hydrogens is 320 g/mol. The highest BCUT2D eigenvalue weighted by molar-refractivity contribution is 9.26. The second-order valence-corrected chi connectivity index (χ2v) is 5.29. The average molecular weight is 326 g/mol. The Balaban J connectivity index is 0. The molecule has 0 spiro atoms. The summed E-state index contributed by atoms with van der Waals surface area (Å²) in [5.41, 5.74) is 9.27. The van der Waals surface area contributed by atoms with Gasteiger partial charge in [-0.1, -0.05) is 0 Å². The lowest BCUT2D eigenvalue weighted by Crippen LogP contribution is -2.30. The predicted octanol–water partition coefficient (Wildman–Crippen LogP) is -0.133. The van der Waals surface area contributed by atoms with E-state index in [1.807, 2.05) is 0 Å². The van der Waals surface area contributed by atoms with Gasteiger partial charge in [0.25, 0.3) is 5.91 Å². The maximum atomic E-state index is 10.2. The summed E-state index contributed by atoms with van der Waals surface area (Å²) in [4.78, 5) is 19.8. The molecule has 0 atom stereocenters. The first-order valence-corrected chi connectivity index (χ1v) is 4.60. The van der Waals surface area contributed by atoms with Crippen LogP contribution in [0.25, 0.3) is 0 Å². The minimum Gasteiger partial charge on any atom is -0.369 e. The first-order valence-electron chi connectivity index (χ1n) is 3.02. The Morgan fingerprint density at radius 1 is 1.29 bits per heavy atom. The van der Waals surface area contributed by atoms with Gasteiger partial charge in [-0.05, 0) is 31.9 Å². The highest BCUT2D eigenvalue weighted by Crippen LogP contribution is 2.23. The van der Waals surface area contributed by atoms with E-state index in [1.54, 1.807) is 12.1 Å². The van der Waals surface area contributed by atoms with E-state index in [0.29, 0.717) is 0 Å². The molecule has 4 N–H and O–H groups in total. The van der Waals surface area contributed by atoms with Crippen molar-refractivity contribution in [3.63, 3.8) is 0 Å². The van der Waals surface area contributed by atoms with Gasteiger partial charge in [0.2, 0.25) is 9.14 Å². The van der Waals surface area contributed by atoms with E-state index in [4.69, 9.17) is 16.3 Å². The number of carbonyl (C=O) groups excluding carboxylic acids is 2. The molecule has 0 aliphatic carbocycles. The van der Waals surface area contributed by atoms with E-state index >= 15 is 0 Å². The Bertz CT molecular complexity index is 302. The summed E-state index contributed by atoms with van der Waals surface area (Å²) in [6, 6.07) is 3.19. The average Bonchev–Trinajstić information content (AvgIpc) is 2.05. The van der Waals surface area contributed by atoms with E-state index in [9.17, 15) is 9.59 Å². The lowest BCUT2D eigenvalue weighted by molar-refractivity contribution is -0.117. The van der Waals surface area contributed by atoms with Gasteiger partial charge in [-0.2, -0.15) is 10.5 Å². The summed E-state index contributed by atoms with van der Waals surface area (Å²) in [5.74, 6) is -1.32. The fourth-order valence-corrected chi connectivity index (χ4v) is 0.133. The van der Waals surface area contributed by atoms with Crippen molar-refractivity contribution in [1.82, 2.24) is 0 Å². The molecule has 0 unspecified atom stereocenters. The number of rotatable bonds is 2. The number of nitriles is 2. The third-order valence-electron chi connectivity index (χ3n) is 0.703. The Labute approximate surface area is 97.1 Å². The Morgan fingerprint density at radius 2 is 1.71 bits per heavy atom. The van der Waals surface area contributed by atoms with Crippen molar-refractivity contribution in [2.75, 3.05) is 0 Å². The van der Waals surface area contributed by atoms with Crippen molar-refractivity contribution in [3.05, 3.63) is 0 Å². The van der Waals surface area contributed by atoms with E-state index < -0.39 is 15.0 Å². The van der Waals surface area contributed by atoms with Crippen LogP contribution in [0.2, 0.25) is 0 Å². The van der Waals surface area contributed by atoms with Crippen LogP contribution >= 0.6 is 31.9 Å². The summed E-state index contributed by atoms with van der Waals surface area (Å²) in [7, 11) is 0. The number of carbonyl (C=O) groups is 2. The lowest BCUT2D eigenvalue weighted by Gasteiger charge is -2.01. The normalized spacial score (nSPS) is 8.57. The van der Waals surface area contributed by atoms with Crippen LogP contribution in [0.15, 0.2) is 0 Å². The summed E-state index contributed by atoms with van der Waals surface area (Å²) in [5, 5.41) is 15.8. The summed E-state index contributed by atoms with van der Waals surface area (Å²) in [6.45, 7) is 0. The molecule has 76 valence electrons. The van der Waals surface area contributed by atoms with E-state index in [-0.39, 0.29) is 6.42 Å². The monoisotopic (exact) mass is 324 g/mol. The SMILES string of the molecule is N#CC(Br)(Br)C(N)=O.N#CCC(N)=O. The smallest absolute Gasteiger partial charge is 0.259 e. The molecule has 0 aliphatic rings. The van der Waals surface area contributed by atoms with Crippen molar-refractivity contribution < 1.29 is 9.59 Å². The van der Waals surface area contributed by atoms with Crippen LogP contribution < -0.4 is 11.5 Å². The van der Waals surface area contributed by atoms with Crippen molar-refractivity contribution in [2.24, 2.45) is 11.5 Å². The van der Waals surface area contributed by atoms with Gasteiger partial charge in [0.05, 0.1) is 6.07 Å². The number of primary amides is 2. The maximum absolute atomic E-state index is 10.2. The van der Waals surface area contributed by atoms with Crippen LogP contribution in [0.4, 0.5) is 0 Å². The fraction of sp³-hybridized carbons (Fsp3) is 0.333.